The molecule has 2 fully saturated rings. The van der Waals surface area contributed by atoms with Gasteiger partial charge < -0.3 is 9.47 Å². The third-order valence-electron chi connectivity index (χ3n) is 5.60. The van der Waals surface area contributed by atoms with Crippen molar-refractivity contribution in [2.75, 3.05) is 33.3 Å². The minimum Gasteiger partial charge on any atom is -0.497 e. The van der Waals surface area contributed by atoms with Crippen LogP contribution >= 0.6 is 11.8 Å². The average molecular weight is 392 g/mol. The predicted molar refractivity (Wildman–Crippen MR) is 101 cm³/mol. The van der Waals surface area contributed by atoms with E-state index in [0.29, 0.717) is 17.9 Å². The first-order chi connectivity index (χ1) is 12.9. The Kier molecular flexibility index (Phi) is 5.48. The monoisotopic (exact) mass is 392 g/mol. The van der Waals surface area contributed by atoms with Crippen LogP contribution in [0.2, 0.25) is 0 Å². The minimum atomic E-state index is -1.22. The number of benzene rings is 1. The Morgan fingerprint density at radius 1 is 1.22 bits per heavy atom. The van der Waals surface area contributed by atoms with Gasteiger partial charge >= 0.3 is 5.97 Å². The lowest BCUT2D eigenvalue weighted by molar-refractivity contribution is -0.154. The third kappa shape index (κ3) is 3.00. The number of methoxy groups -OCH3 is 2. The predicted octanol–water partition coefficient (Wildman–Crippen LogP) is 1.24. The van der Waals surface area contributed by atoms with Gasteiger partial charge in [0.2, 0.25) is 11.8 Å². The number of fused-ring (bicyclic) bond motifs is 1. The van der Waals surface area contributed by atoms with Gasteiger partial charge in [-0.05, 0) is 36.1 Å². The smallest absolute Gasteiger partial charge is 0.326 e. The Morgan fingerprint density at radius 2 is 1.89 bits per heavy atom. The minimum absolute atomic E-state index is 0.270. The van der Waals surface area contributed by atoms with Crippen LogP contribution in [0.25, 0.3) is 0 Å². The van der Waals surface area contributed by atoms with Gasteiger partial charge in [-0.1, -0.05) is 12.1 Å². The van der Waals surface area contributed by atoms with Crippen molar-refractivity contribution in [3.05, 3.63) is 29.8 Å². The molecule has 1 N–H and O–H groups in total. The molecule has 2 amide bonds. The third-order valence-corrected chi connectivity index (χ3v) is 6.21. The van der Waals surface area contributed by atoms with E-state index in [1.165, 1.54) is 14.2 Å². The number of hydrogen-bond acceptors (Lipinski definition) is 7. The summed E-state index contributed by atoms with van der Waals surface area (Å²) in [4.78, 5) is 39.7. The number of rotatable bonds is 6. The molecule has 7 nitrogen and oxygen atoms in total. The summed E-state index contributed by atoms with van der Waals surface area (Å²) in [6.07, 6.45) is 2.34. The van der Waals surface area contributed by atoms with Crippen molar-refractivity contribution in [1.29, 1.82) is 0 Å². The van der Waals surface area contributed by atoms with Crippen LogP contribution in [0.3, 0.4) is 0 Å². The summed E-state index contributed by atoms with van der Waals surface area (Å²) >= 11 is 1.58. The zero-order valence-electron chi connectivity index (χ0n) is 15.9. The highest BCUT2D eigenvalue weighted by Gasteiger charge is 2.67. The Labute approximate surface area is 162 Å². The topological polar surface area (TPSA) is 84.9 Å². The molecule has 8 heteroatoms. The second kappa shape index (κ2) is 7.52. The molecular weight excluding hydrogens is 368 g/mol. The molecule has 3 rings (SSSR count). The van der Waals surface area contributed by atoms with Gasteiger partial charge in [0.05, 0.1) is 26.1 Å². The molecule has 1 aromatic rings. The van der Waals surface area contributed by atoms with Crippen molar-refractivity contribution in [2.45, 2.75) is 18.0 Å². The lowest BCUT2D eigenvalue weighted by atomic mass is 9.78. The zero-order chi connectivity index (χ0) is 19.8. The Balaban J connectivity index is 2.09. The molecule has 146 valence electrons. The number of ether oxygens (including phenoxy) is 2. The van der Waals surface area contributed by atoms with Gasteiger partial charge in [0.1, 0.15) is 11.3 Å². The average Bonchev–Trinajstić information content (AvgIpc) is 3.16. The first-order valence-corrected chi connectivity index (χ1v) is 10.1. The maximum absolute atomic E-state index is 12.9. The standard InChI is InChI=1S/C19H24N2O5S/c1-21-16(22)13-14(17(21)23)19(9-10-27-4,18(24)26-3)20-15(13)11-5-7-12(25-2)8-6-11/h5-8,13-15,20H,9-10H2,1-4H3/t13-,14-,15-,19+/m0/s1. The fraction of sp³-hybridized carbons (Fsp3) is 0.526. The van der Waals surface area contributed by atoms with E-state index in [4.69, 9.17) is 9.47 Å². The van der Waals surface area contributed by atoms with Crippen molar-refractivity contribution in [1.82, 2.24) is 10.2 Å². The summed E-state index contributed by atoms with van der Waals surface area (Å²) in [6, 6.07) is 6.86. The number of amides is 2. The molecule has 0 saturated carbocycles. The molecule has 4 atom stereocenters. The van der Waals surface area contributed by atoms with Crippen LogP contribution in [-0.4, -0.2) is 61.5 Å². The van der Waals surface area contributed by atoms with E-state index >= 15 is 0 Å². The number of nitrogens with one attached hydrogen (secondary N) is 1. The molecule has 0 spiro atoms. The number of thioether (sulfide) groups is 1. The summed E-state index contributed by atoms with van der Waals surface area (Å²) in [5.41, 5.74) is -0.387. The molecular formula is C19H24N2O5S. The van der Waals surface area contributed by atoms with E-state index in [-0.39, 0.29) is 11.8 Å². The number of nitrogens with zero attached hydrogens (tertiary/aromatic N) is 1. The van der Waals surface area contributed by atoms with Crippen molar-refractivity contribution in [2.24, 2.45) is 11.8 Å². The molecule has 0 aromatic heterocycles. The summed E-state index contributed by atoms with van der Waals surface area (Å²) in [6.45, 7) is 0. The Morgan fingerprint density at radius 3 is 2.44 bits per heavy atom. The number of likely N-dealkylation sites (tertiary alicyclic amines) is 1. The first kappa shape index (κ1) is 19.7. The van der Waals surface area contributed by atoms with Crippen LogP contribution in [0, 0.1) is 11.8 Å². The van der Waals surface area contributed by atoms with Crippen LogP contribution in [0.15, 0.2) is 24.3 Å². The van der Waals surface area contributed by atoms with E-state index in [2.05, 4.69) is 5.32 Å². The Hall–Kier alpha value is -2.06. The molecule has 0 unspecified atom stereocenters. The molecule has 0 radical (unpaired) electrons. The van der Waals surface area contributed by atoms with Crippen molar-refractivity contribution in [3.63, 3.8) is 0 Å². The molecule has 27 heavy (non-hydrogen) atoms. The normalized spacial score (nSPS) is 29.8. The summed E-state index contributed by atoms with van der Waals surface area (Å²) < 4.78 is 10.3. The maximum Gasteiger partial charge on any atom is 0.326 e. The SMILES string of the molecule is COC(=O)[C@]1(CCSC)N[C@@H](c2ccc(OC)cc2)[C@H]2C(=O)N(C)C(=O)[C@H]21. The molecule has 2 saturated heterocycles. The maximum atomic E-state index is 12.9. The van der Waals surface area contributed by atoms with Crippen LogP contribution in [-0.2, 0) is 19.1 Å². The van der Waals surface area contributed by atoms with E-state index in [1.807, 2.05) is 18.4 Å². The largest absolute Gasteiger partial charge is 0.497 e. The van der Waals surface area contributed by atoms with E-state index < -0.39 is 29.4 Å². The van der Waals surface area contributed by atoms with Gasteiger partial charge in [-0.15, -0.1) is 0 Å². The van der Waals surface area contributed by atoms with E-state index in [1.54, 1.807) is 31.0 Å². The number of imide groups is 1. The first-order valence-electron chi connectivity index (χ1n) is 8.71. The van der Waals surface area contributed by atoms with Gasteiger partial charge in [-0.3, -0.25) is 24.6 Å². The van der Waals surface area contributed by atoms with Gasteiger partial charge in [0.25, 0.3) is 0 Å². The molecule has 2 aliphatic rings. The van der Waals surface area contributed by atoms with Crippen LogP contribution in [0.4, 0.5) is 0 Å². The number of hydrogen-bond donors (Lipinski definition) is 1. The Bertz CT molecular complexity index is 753. The van der Waals surface area contributed by atoms with Gasteiger partial charge in [0, 0.05) is 13.1 Å². The van der Waals surface area contributed by atoms with Crippen molar-refractivity contribution in [3.8, 4) is 5.75 Å². The zero-order valence-corrected chi connectivity index (χ0v) is 16.7. The fourth-order valence-corrected chi connectivity index (χ4v) is 4.74. The lowest BCUT2D eigenvalue weighted by Crippen LogP contribution is -2.56. The van der Waals surface area contributed by atoms with E-state index in [0.717, 1.165) is 10.5 Å². The highest BCUT2D eigenvalue weighted by molar-refractivity contribution is 7.98. The van der Waals surface area contributed by atoms with E-state index in [9.17, 15) is 14.4 Å². The number of esters is 1. The molecule has 2 aliphatic heterocycles. The summed E-state index contributed by atoms with van der Waals surface area (Å²) in [5.74, 6) is -1.17. The summed E-state index contributed by atoms with van der Waals surface area (Å²) in [7, 11) is 4.37. The summed E-state index contributed by atoms with van der Waals surface area (Å²) in [5, 5.41) is 3.33. The lowest BCUT2D eigenvalue weighted by Gasteiger charge is -2.32. The van der Waals surface area contributed by atoms with Gasteiger partial charge in [-0.2, -0.15) is 11.8 Å². The van der Waals surface area contributed by atoms with Crippen LogP contribution in [0.1, 0.15) is 18.0 Å². The van der Waals surface area contributed by atoms with Gasteiger partial charge in [-0.25, -0.2) is 0 Å². The number of carbonyl (C=O) groups excluding carboxylic acids is 3. The van der Waals surface area contributed by atoms with Crippen LogP contribution in [0.5, 0.6) is 5.75 Å². The number of carbonyl (C=O) groups is 3. The molecule has 1 aromatic carbocycles. The second-order valence-electron chi connectivity index (χ2n) is 6.84. The van der Waals surface area contributed by atoms with Crippen LogP contribution < -0.4 is 10.1 Å². The highest BCUT2D eigenvalue weighted by Crippen LogP contribution is 2.50. The van der Waals surface area contributed by atoms with Gasteiger partial charge in [0.15, 0.2) is 0 Å². The molecule has 0 bridgehead atoms. The van der Waals surface area contributed by atoms with Crippen molar-refractivity contribution >= 4 is 29.5 Å². The highest BCUT2D eigenvalue weighted by atomic mass is 32.2. The molecule has 0 aliphatic carbocycles. The quantitative estimate of drug-likeness (QED) is 0.576. The van der Waals surface area contributed by atoms with Crippen molar-refractivity contribution < 1.29 is 23.9 Å². The molecule has 2 heterocycles. The second-order valence-corrected chi connectivity index (χ2v) is 7.83. The fourth-order valence-electron chi connectivity index (χ4n) is 4.21.